The van der Waals surface area contributed by atoms with Crippen LogP contribution in [0, 0.1) is 6.58 Å². The molecular formula is C4H5OY-. The van der Waals surface area contributed by atoms with Crippen molar-refractivity contribution in [2.24, 2.45) is 0 Å². The summed E-state index contributed by atoms with van der Waals surface area (Å²) in [5.41, 5.74) is 0.324. The third kappa shape index (κ3) is 8.82. The van der Waals surface area contributed by atoms with E-state index in [9.17, 15) is 4.79 Å². The molecule has 1 nitrogen and oxygen atoms in total. The fourth-order valence-corrected chi connectivity index (χ4v) is 0. The van der Waals surface area contributed by atoms with Gasteiger partial charge in [-0.2, -0.15) is 5.57 Å². The Morgan fingerprint density at radius 1 is 1.83 bits per heavy atom. The molecule has 0 rings (SSSR count). The minimum Gasteiger partial charge on any atom is -0.410 e. The summed E-state index contributed by atoms with van der Waals surface area (Å²) < 4.78 is 0. The van der Waals surface area contributed by atoms with Crippen LogP contribution in [0.15, 0.2) is 5.57 Å². The van der Waals surface area contributed by atoms with E-state index in [1.165, 1.54) is 0 Å². The van der Waals surface area contributed by atoms with Gasteiger partial charge in [0.1, 0.15) is 0 Å². The average Bonchev–Trinajstić information content (AvgIpc) is 1.38. The molecule has 0 aromatic heterocycles. The van der Waals surface area contributed by atoms with Gasteiger partial charge in [0.15, 0.2) is 0 Å². The van der Waals surface area contributed by atoms with Crippen molar-refractivity contribution in [2.75, 3.05) is 0 Å². The summed E-state index contributed by atoms with van der Waals surface area (Å²) in [7, 11) is 0. The van der Waals surface area contributed by atoms with Gasteiger partial charge >= 0.3 is 0 Å². The van der Waals surface area contributed by atoms with Crippen molar-refractivity contribution in [2.45, 2.75) is 6.92 Å². The molecule has 0 fully saturated rings. The SMILES string of the molecule is [CH-]=C(C)C=O.[Y]. The van der Waals surface area contributed by atoms with Crippen molar-refractivity contribution in [1.29, 1.82) is 0 Å². The second-order valence-corrected chi connectivity index (χ2v) is 0.862. The van der Waals surface area contributed by atoms with Crippen LogP contribution in [-0.2, 0) is 37.5 Å². The van der Waals surface area contributed by atoms with Crippen LogP contribution in [0.5, 0.6) is 0 Å². The largest absolute Gasteiger partial charge is 0.410 e. The van der Waals surface area contributed by atoms with Crippen LogP contribution in [0.3, 0.4) is 0 Å². The smallest absolute Gasteiger partial charge is 0 e. The Morgan fingerprint density at radius 2 is 2.00 bits per heavy atom. The maximum Gasteiger partial charge on any atom is 0 e. The maximum absolute atomic E-state index is 9.34. The zero-order valence-electron chi connectivity index (χ0n) is 3.64. The van der Waals surface area contributed by atoms with E-state index in [4.69, 9.17) is 6.58 Å². The second kappa shape index (κ2) is 5.51. The number of carbonyl (C=O) groups excluding carboxylic acids is 1. The van der Waals surface area contributed by atoms with Gasteiger partial charge in [-0.05, 0) is 6.29 Å². The third-order valence-electron chi connectivity index (χ3n) is 0.186. The Labute approximate surface area is 62.7 Å². The molecule has 0 aromatic carbocycles. The van der Waals surface area contributed by atoms with Crippen LogP contribution < -0.4 is 0 Å². The summed E-state index contributed by atoms with van der Waals surface area (Å²) >= 11 is 0. The van der Waals surface area contributed by atoms with Crippen LogP contribution >= 0.6 is 0 Å². The number of aldehydes is 1. The summed E-state index contributed by atoms with van der Waals surface area (Å²) in [5, 5.41) is 0. The predicted molar refractivity (Wildman–Crippen MR) is 19.6 cm³/mol. The molecule has 0 unspecified atom stereocenters. The minimum atomic E-state index is 0. The zero-order valence-corrected chi connectivity index (χ0v) is 6.48. The summed E-state index contributed by atoms with van der Waals surface area (Å²) in [6, 6.07) is 0. The number of allylic oxidation sites excluding steroid dienone is 1. The van der Waals surface area contributed by atoms with E-state index < -0.39 is 0 Å². The monoisotopic (exact) mass is 158 g/mol. The van der Waals surface area contributed by atoms with Gasteiger partial charge in [0.25, 0.3) is 0 Å². The molecule has 2 heteroatoms. The quantitative estimate of drug-likeness (QED) is 0.309. The van der Waals surface area contributed by atoms with Crippen LogP contribution in [0.1, 0.15) is 6.92 Å². The fraction of sp³-hybridized carbons (Fsp3) is 0.250. The Kier molecular flexibility index (Phi) is 8.93. The van der Waals surface area contributed by atoms with E-state index in [1.807, 2.05) is 0 Å². The van der Waals surface area contributed by atoms with Gasteiger partial charge in [0, 0.05) is 32.7 Å². The van der Waals surface area contributed by atoms with Crippen molar-refractivity contribution < 1.29 is 37.5 Å². The van der Waals surface area contributed by atoms with Gasteiger partial charge in [0.05, 0.1) is 0 Å². The Bertz CT molecular complexity index is 58.6. The molecule has 0 aliphatic rings. The summed E-state index contributed by atoms with van der Waals surface area (Å²) in [5.74, 6) is 0. The average molecular weight is 158 g/mol. The van der Waals surface area contributed by atoms with Crippen molar-refractivity contribution in [3.05, 3.63) is 12.2 Å². The second-order valence-electron chi connectivity index (χ2n) is 0.862. The van der Waals surface area contributed by atoms with E-state index in [0.29, 0.717) is 11.9 Å². The van der Waals surface area contributed by atoms with E-state index in [0.717, 1.165) is 0 Å². The topological polar surface area (TPSA) is 17.1 Å². The molecule has 0 spiro atoms. The maximum atomic E-state index is 9.34. The predicted octanol–water partition coefficient (Wildman–Crippen LogP) is 0.562. The molecule has 0 amide bonds. The van der Waals surface area contributed by atoms with Crippen molar-refractivity contribution in [3.63, 3.8) is 0 Å². The molecule has 0 bridgehead atoms. The van der Waals surface area contributed by atoms with E-state index in [1.54, 1.807) is 6.92 Å². The van der Waals surface area contributed by atoms with Gasteiger partial charge in [-0.1, -0.05) is 6.92 Å². The molecule has 0 saturated carbocycles. The number of hydrogen-bond acceptors (Lipinski definition) is 1. The van der Waals surface area contributed by atoms with E-state index in [-0.39, 0.29) is 32.7 Å². The Morgan fingerprint density at radius 3 is 2.00 bits per heavy atom. The molecular weight excluding hydrogens is 153 g/mol. The summed E-state index contributed by atoms with van der Waals surface area (Å²) in [4.78, 5) is 9.34. The standard InChI is InChI=1S/C4H5O.Y/c1-4(2)3-5;/h1,3H,2H3;/q-1;. The molecule has 0 heterocycles. The molecule has 31 valence electrons. The van der Waals surface area contributed by atoms with Gasteiger partial charge in [-0.25, -0.2) is 0 Å². The first kappa shape index (κ1) is 9.72. The minimum absolute atomic E-state index is 0. The number of rotatable bonds is 1. The van der Waals surface area contributed by atoms with Gasteiger partial charge in [-0.15, -0.1) is 0 Å². The van der Waals surface area contributed by atoms with Crippen LogP contribution in [0.4, 0.5) is 0 Å². The zero-order chi connectivity index (χ0) is 4.28. The van der Waals surface area contributed by atoms with E-state index >= 15 is 0 Å². The summed E-state index contributed by atoms with van der Waals surface area (Å²) in [6.07, 6.45) is 0.611. The van der Waals surface area contributed by atoms with Gasteiger partial charge in [0.2, 0.25) is 0 Å². The molecule has 0 aliphatic carbocycles. The molecule has 0 N–H and O–H groups in total. The van der Waals surface area contributed by atoms with Crippen molar-refractivity contribution >= 4 is 6.29 Å². The molecule has 0 saturated heterocycles. The normalized spacial score (nSPS) is 5.50. The summed E-state index contributed by atoms with van der Waals surface area (Å²) in [6.45, 7) is 6.39. The van der Waals surface area contributed by atoms with Crippen LogP contribution in [0.25, 0.3) is 0 Å². The molecule has 0 aromatic rings. The van der Waals surface area contributed by atoms with E-state index in [2.05, 4.69) is 0 Å². The van der Waals surface area contributed by atoms with Crippen molar-refractivity contribution in [1.82, 2.24) is 0 Å². The van der Waals surface area contributed by atoms with Gasteiger partial charge in [-0.3, -0.25) is 6.58 Å². The molecule has 1 radical (unpaired) electrons. The first-order valence-electron chi connectivity index (χ1n) is 1.31. The molecule has 0 aliphatic heterocycles. The third-order valence-corrected chi connectivity index (χ3v) is 0.186. The first-order valence-corrected chi connectivity index (χ1v) is 1.31. The Hall–Kier alpha value is 0.514. The fourth-order valence-electron chi connectivity index (χ4n) is 0. The number of hydrogen-bond donors (Lipinski definition) is 0. The number of carbonyl (C=O) groups is 1. The first-order chi connectivity index (χ1) is 2.27. The molecule has 0 atom stereocenters. The van der Waals surface area contributed by atoms with Crippen molar-refractivity contribution in [3.8, 4) is 0 Å². The van der Waals surface area contributed by atoms with Crippen LogP contribution in [-0.4, -0.2) is 6.29 Å². The Balaban J connectivity index is 0. The molecule has 6 heavy (non-hydrogen) atoms. The van der Waals surface area contributed by atoms with Crippen LogP contribution in [0.2, 0.25) is 0 Å². The van der Waals surface area contributed by atoms with Gasteiger partial charge < -0.3 is 4.79 Å².